The van der Waals surface area contributed by atoms with E-state index in [1.165, 1.54) is 0 Å². The van der Waals surface area contributed by atoms with E-state index in [0.29, 0.717) is 0 Å². The van der Waals surface area contributed by atoms with E-state index < -0.39 is 0 Å². The highest BCUT2D eigenvalue weighted by atomic mass is 79.9. The predicted octanol–water partition coefficient (Wildman–Crippen LogP) is 5.00. The molecule has 0 spiro atoms. The van der Waals surface area contributed by atoms with Gasteiger partial charge in [-0.1, -0.05) is 36.9 Å². The van der Waals surface area contributed by atoms with Crippen LogP contribution in [0.5, 0.6) is 0 Å². The maximum atomic E-state index is 7.85. The molecule has 0 bridgehead atoms. The van der Waals surface area contributed by atoms with Crippen LogP contribution in [0.3, 0.4) is 0 Å². The number of nitrogen functional groups attached to an aromatic ring is 1. The molecule has 0 aromatic heterocycles. The Balaban J connectivity index is 2.44. The van der Waals surface area contributed by atoms with Gasteiger partial charge in [-0.05, 0) is 45.9 Å². The molecule has 5 heteroatoms. The van der Waals surface area contributed by atoms with Gasteiger partial charge in [0.2, 0.25) is 0 Å². The molecule has 2 rings (SSSR count). The van der Waals surface area contributed by atoms with Gasteiger partial charge in [-0.25, -0.2) is 0 Å². The summed E-state index contributed by atoms with van der Waals surface area (Å²) in [5, 5.41) is 7.85. The zero-order valence-corrected chi connectivity index (χ0v) is 14.2. The first-order chi connectivity index (χ1) is 9.63. The third-order valence-corrected chi connectivity index (χ3v) is 5.64. The highest BCUT2D eigenvalue weighted by Gasteiger charge is 2.13. The molecule has 3 N–H and O–H groups in total. The Morgan fingerprint density at radius 3 is 2.40 bits per heavy atom. The lowest BCUT2D eigenvalue weighted by Gasteiger charge is -2.13. The number of hydrogen-bond acceptors (Lipinski definition) is 3. The summed E-state index contributed by atoms with van der Waals surface area (Å²) in [5.41, 5.74) is 6.62. The summed E-state index contributed by atoms with van der Waals surface area (Å²) < 4.78 is 1.05. The molecular formula is C15H15BrN2S2. The first-order valence-corrected chi connectivity index (χ1v) is 8.75. The molecule has 0 aliphatic carbocycles. The van der Waals surface area contributed by atoms with E-state index in [1.54, 1.807) is 23.5 Å². The Morgan fingerprint density at radius 1 is 1.10 bits per heavy atom. The van der Waals surface area contributed by atoms with Crippen molar-refractivity contribution in [3.63, 3.8) is 0 Å². The van der Waals surface area contributed by atoms with Crippen molar-refractivity contribution < 1.29 is 0 Å². The maximum Gasteiger partial charge on any atom is 0.125 e. The second kappa shape index (κ2) is 7.20. The van der Waals surface area contributed by atoms with E-state index in [9.17, 15) is 0 Å². The van der Waals surface area contributed by atoms with Crippen LogP contribution in [0.2, 0.25) is 0 Å². The van der Waals surface area contributed by atoms with Gasteiger partial charge in [0.25, 0.3) is 0 Å². The van der Waals surface area contributed by atoms with Gasteiger partial charge in [-0.3, -0.25) is 5.41 Å². The van der Waals surface area contributed by atoms with Gasteiger partial charge in [0.05, 0.1) is 0 Å². The zero-order valence-electron chi connectivity index (χ0n) is 11.0. The van der Waals surface area contributed by atoms with Crippen LogP contribution in [0.1, 0.15) is 12.5 Å². The van der Waals surface area contributed by atoms with Crippen molar-refractivity contribution >= 4 is 45.3 Å². The highest BCUT2D eigenvalue weighted by Crippen LogP contribution is 2.38. The standard InChI is InChI=1S/C15H15BrN2S2/c1-2-19-12-8-5-9-13(14(12)15(17)18)20-11-7-4-3-6-10(11)16/h3-9H,2H2,1H3,(H3,17,18). The van der Waals surface area contributed by atoms with Crippen LogP contribution >= 0.6 is 39.5 Å². The summed E-state index contributed by atoms with van der Waals surface area (Å²) in [5.74, 6) is 1.08. The van der Waals surface area contributed by atoms with Crippen molar-refractivity contribution in [2.45, 2.75) is 21.6 Å². The summed E-state index contributed by atoms with van der Waals surface area (Å²) >= 11 is 6.90. The van der Waals surface area contributed by atoms with Gasteiger partial charge < -0.3 is 5.73 Å². The summed E-state index contributed by atoms with van der Waals surface area (Å²) in [6.45, 7) is 2.10. The average molecular weight is 367 g/mol. The van der Waals surface area contributed by atoms with Crippen molar-refractivity contribution in [2.75, 3.05) is 5.75 Å². The van der Waals surface area contributed by atoms with Crippen molar-refractivity contribution in [3.05, 3.63) is 52.5 Å². The fourth-order valence-corrected chi connectivity index (χ4v) is 4.24. The quantitative estimate of drug-likeness (QED) is 0.444. The Hall–Kier alpha value is -0.910. The van der Waals surface area contributed by atoms with Crippen molar-refractivity contribution in [3.8, 4) is 0 Å². The lowest BCUT2D eigenvalue weighted by atomic mass is 10.2. The lowest BCUT2D eigenvalue weighted by molar-refractivity contribution is 1.24. The smallest absolute Gasteiger partial charge is 0.125 e. The van der Waals surface area contributed by atoms with Crippen molar-refractivity contribution in [2.24, 2.45) is 5.73 Å². The summed E-state index contributed by atoms with van der Waals surface area (Å²) in [6.07, 6.45) is 0. The Morgan fingerprint density at radius 2 is 1.75 bits per heavy atom. The Kier molecular flexibility index (Phi) is 5.57. The molecule has 104 valence electrons. The number of halogens is 1. The number of thioether (sulfide) groups is 1. The van der Waals surface area contributed by atoms with E-state index in [0.717, 1.165) is 30.5 Å². The third kappa shape index (κ3) is 3.59. The summed E-state index contributed by atoms with van der Waals surface area (Å²) in [6, 6.07) is 14.1. The Bertz CT molecular complexity index is 629. The number of rotatable bonds is 5. The number of amidine groups is 1. The van der Waals surface area contributed by atoms with Crippen LogP contribution in [-0.4, -0.2) is 11.6 Å². The molecule has 0 heterocycles. The lowest BCUT2D eigenvalue weighted by Crippen LogP contribution is -2.13. The van der Waals surface area contributed by atoms with Crippen LogP contribution < -0.4 is 5.73 Å². The van der Waals surface area contributed by atoms with Crippen molar-refractivity contribution in [1.82, 2.24) is 0 Å². The van der Waals surface area contributed by atoms with Gasteiger partial charge in [-0.15, -0.1) is 11.8 Å². The normalized spacial score (nSPS) is 10.5. The number of benzene rings is 2. The fourth-order valence-electron chi connectivity index (χ4n) is 1.78. The predicted molar refractivity (Wildman–Crippen MR) is 92.1 cm³/mol. The summed E-state index contributed by atoms with van der Waals surface area (Å²) in [7, 11) is 0. The fraction of sp³-hybridized carbons (Fsp3) is 0.133. The molecule has 2 aromatic carbocycles. The molecule has 0 radical (unpaired) electrons. The number of nitrogens with two attached hydrogens (primary N) is 1. The van der Waals surface area contributed by atoms with Crippen molar-refractivity contribution in [1.29, 1.82) is 5.41 Å². The molecule has 0 aliphatic heterocycles. The molecule has 2 aromatic rings. The second-order valence-corrected chi connectivity index (χ2v) is 7.25. The number of hydrogen-bond donors (Lipinski definition) is 2. The highest BCUT2D eigenvalue weighted by molar-refractivity contribution is 9.10. The molecule has 0 saturated carbocycles. The zero-order chi connectivity index (χ0) is 14.5. The van der Waals surface area contributed by atoms with Gasteiger partial charge in [0.1, 0.15) is 5.84 Å². The molecule has 0 fully saturated rings. The van der Waals surface area contributed by atoms with E-state index in [1.807, 2.05) is 36.4 Å². The molecule has 0 aliphatic rings. The largest absolute Gasteiger partial charge is 0.384 e. The van der Waals surface area contributed by atoms with E-state index in [4.69, 9.17) is 11.1 Å². The Labute approximate surface area is 136 Å². The van der Waals surface area contributed by atoms with E-state index in [-0.39, 0.29) is 5.84 Å². The van der Waals surface area contributed by atoms with Crippen LogP contribution in [0.15, 0.2) is 61.6 Å². The number of nitrogens with one attached hydrogen (secondary N) is 1. The van der Waals surface area contributed by atoms with Gasteiger partial charge >= 0.3 is 0 Å². The maximum absolute atomic E-state index is 7.85. The first-order valence-electron chi connectivity index (χ1n) is 6.16. The minimum Gasteiger partial charge on any atom is -0.384 e. The van der Waals surface area contributed by atoms with E-state index in [2.05, 4.69) is 28.9 Å². The van der Waals surface area contributed by atoms with Crippen LogP contribution in [0.25, 0.3) is 0 Å². The monoisotopic (exact) mass is 366 g/mol. The molecule has 0 saturated heterocycles. The first kappa shape index (κ1) is 15.5. The topological polar surface area (TPSA) is 49.9 Å². The van der Waals surface area contributed by atoms with Gasteiger partial charge in [0, 0.05) is 24.7 Å². The minimum atomic E-state index is 0.121. The molecular weight excluding hydrogens is 352 g/mol. The molecule has 0 unspecified atom stereocenters. The third-order valence-electron chi connectivity index (χ3n) is 2.61. The molecule has 0 amide bonds. The molecule has 2 nitrogen and oxygen atoms in total. The van der Waals surface area contributed by atoms with E-state index >= 15 is 0 Å². The molecule has 0 atom stereocenters. The second-order valence-electron chi connectivity index (χ2n) is 4.01. The van der Waals surface area contributed by atoms with Gasteiger partial charge in [0.15, 0.2) is 0 Å². The van der Waals surface area contributed by atoms with Crippen LogP contribution in [0, 0.1) is 5.41 Å². The average Bonchev–Trinajstić information content (AvgIpc) is 2.41. The van der Waals surface area contributed by atoms with Crippen LogP contribution in [-0.2, 0) is 0 Å². The molecule has 20 heavy (non-hydrogen) atoms. The SMILES string of the molecule is CCSc1cccc(Sc2ccccc2Br)c1C(=N)N. The minimum absolute atomic E-state index is 0.121. The summed E-state index contributed by atoms with van der Waals surface area (Å²) in [4.78, 5) is 3.20. The van der Waals surface area contributed by atoms with Gasteiger partial charge in [-0.2, -0.15) is 0 Å². The van der Waals surface area contributed by atoms with Crippen LogP contribution in [0.4, 0.5) is 0 Å².